The topological polar surface area (TPSA) is 101 Å². The van der Waals surface area contributed by atoms with Gasteiger partial charge < -0.3 is 11.1 Å². The first kappa shape index (κ1) is 16.3. The molecule has 0 saturated carbocycles. The van der Waals surface area contributed by atoms with E-state index in [-0.39, 0.29) is 18.4 Å². The summed E-state index contributed by atoms with van der Waals surface area (Å²) in [6, 6.07) is 0. The van der Waals surface area contributed by atoms with Crippen LogP contribution < -0.4 is 15.8 Å². The first-order valence-electron chi connectivity index (χ1n) is 5.51. The van der Waals surface area contributed by atoms with Crippen LogP contribution in [0.3, 0.4) is 0 Å². The van der Waals surface area contributed by atoms with Gasteiger partial charge in [-0.3, -0.25) is 4.79 Å². The van der Waals surface area contributed by atoms with Crippen LogP contribution in [0.25, 0.3) is 0 Å². The lowest BCUT2D eigenvalue weighted by molar-refractivity contribution is -0.122. The van der Waals surface area contributed by atoms with Crippen LogP contribution in [-0.2, 0) is 14.8 Å². The maximum absolute atomic E-state index is 11.5. The fraction of sp³-hybridized carbons (Fsp3) is 0.900. The molecule has 0 aliphatic heterocycles. The van der Waals surface area contributed by atoms with Gasteiger partial charge in [0.05, 0.1) is 6.26 Å². The SMILES string of the molecule is CC(CN)CC(=O)NCC(C)(C)NS(C)(=O)=O. The summed E-state index contributed by atoms with van der Waals surface area (Å²) in [6.07, 6.45) is 1.44. The van der Waals surface area contributed by atoms with Crippen LogP contribution in [-0.4, -0.2) is 39.2 Å². The van der Waals surface area contributed by atoms with Crippen molar-refractivity contribution in [1.29, 1.82) is 0 Å². The van der Waals surface area contributed by atoms with Gasteiger partial charge in [0.2, 0.25) is 15.9 Å². The number of nitrogens with two attached hydrogens (primary N) is 1. The molecule has 17 heavy (non-hydrogen) atoms. The molecule has 102 valence electrons. The third-order valence-corrected chi connectivity index (χ3v) is 3.05. The molecule has 1 amide bonds. The second kappa shape index (κ2) is 6.32. The van der Waals surface area contributed by atoms with Gasteiger partial charge in [-0.15, -0.1) is 0 Å². The van der Waals surface area contributed by atoms with Gasteiger partial charge >= 0.3 is 0 Å². The molecule has 0 bridgehead atoms. The number of nitrogens with one attached hydrogen (secondary N) is 2. The molecule has 0 spiro atoms. The fourth-order valence-corrected chi connectivity index (χ4v) is 2.41. The van der Waals surface area contributed by atoms with Crippen molar-refractivity contribution >= 4 is 15.9 Å². The van der Waals surface area contributed by atoms with E-state index in [4.69, 9.17) is 5.73 Å². The lowest BCUT2D eigenvalue weighted by Crippen LogP contribution is -2.51. The van der Waals surface area contributed by atoms with Crippen LogP contribution in [0.1, 0.15) is 27.2 Å². The van der Waals surface area contributed by atoms with Crippen molar-refractivity contribution in [2.75, 3.05) is 19.3 Å². The van der Waals surface area contributed by atoms with Crippen molar-refractivity contribution < 1.29 is 13.2 Å². The van der Waals surface area contributed by atoms with Gasteiger partial charge in [-0.2, -0.15) is 0 Å². The Hall–Kier alpha value is -0.660. The van der Waals surface area contributed by atoms with Crippen molar-refractivity contribution in [2.24, 2.45) is 11.7 Å². The van der Waals surface area contributed by atoms with Crippen molar-refractivity contribution in [3.8, 4) is 0 Å². The Balaban J connectivity index is 4.14. The minimum atomic E-state index is -3.28. The van der Waals surface area contributed by atoms with E-state index in [0.29, 0.717) is 13.0 Å². The highest BCUT2D eigenvalue weighted by Gasteiger charge is 2.22. The van der Waals surface area contributed by atoms with Gasteiger partial charge in [-0.05, 0) is 26.3 Å². The normalized spacial score (nSPS) is 14.4. The second-order valence-electron chi connectivity index (χ2n) is 5.08. The lowest BCUT2D eigenvalue weighted by Gasteiger charge is -2.25. The van der Waals surface area contributed by atoms with Gasteiger partial charge in [0.25, 0.3) is 0 Å². The zero-order chi connectivity index (χ0) is 13.7. The Morgan fingerprint density at radius 3 is 2.35 bits per heavy atom. The van der Waals surface area contributed by atoms with E-state index in [1.165, 1.54) is 0 Å². The van der Waals surface area contributed by atoms with Crippen LogP contribution in [0, 0.1) is 5.92 Å². The average Bonchev–Trinajstić information content (AvgIpc) is 2.11. The number of sulfonamides is 1. The zero-order valence-corrected chi connectivity index (χ0v) is 11.7. The fourth-order valence-electron chi connectivity index (χ4n) is 1.33. The summed E-state index contributed by atoms with van der Waals surface area (Å²) in [5.74, 6) is 0.00676. The molecule has 1 unspecified atom stereocenters. The van der Waals surface area contributed by atoms with E-state index in [2.05, 4.69) is 10.0 Å². The van der Waals surface area contributed by atoms with Gasteiger partial charge in [0.15, 0.2) is 0 Å². The highest BCUT2D eigenvalue weighted by Crippen LogP contribution is 2.03. The minimum Gasteiger partial charge on any atom is -0.354 e. The van der Waals surface area contributed by atoms with E-state index < -0.39 is 15.6 Å². The molecule has 0 aliphatic carbocycles. The number of amides is 1. The van der Waals surface area contributed by atoms with Crippen LogP contribution in [0.5, 0.6) is 0 Å². The Bertz CT molecular complexity index is 352. The Morgan fingerprint density at radius 1 is 1.41 bits per heavy atom. The number of rotatable bonds is 7. The van der Waals surface area contributed by atoms with Gasteiger partial charge in [-0.1, -0.05) is 6.92 Å². The molecule has 4 N–H and O–H groups in total. The molecule has 1 atom stereocenters. The summed E-state index contributed by atoms with van der Waals surface area (Å²) in [5, 5.41) is 2.69. The van der Waals surface area contributed by atoms with Crippen LogP contribution in [0.15, 0.2) is 0 Å². The summed E-state index contributed by atoms with van der Waals surface area (Å²) < 4.78 is 24.6. The Morgan fingerprint density at radius 2 is 1.94 bits per heavy atom. The third kappa shape index (κ3) is 9.08. The summed E-state index contributed by atoms with van der Waals surface area (Å²) >= 11 is 0. The van der Waals surface area contributed by atoms with E-state index in [1.54, 1.807) is 13.8 Å². The summed E-state index contributed by atoms with van der Waals surface area (Å²) in [6.45, 7) is 6.01. The van der Waals surface area contributed by atoms with Crippen LogP contribution in [0.4, 0.5) is 0 Å². The molecule has 0 saturated heterocycles. The Labute approximate surface area is 103 Å². The number of carbonyl (C=O) groups is 1. The molecule has 0 aliphatic rings. The van der Waals surface area contributed by atoms with Crippen molar-refractivity contribution in [3.05, 3.63) is 0 Å². The first-order chi connectivity index (χ1) is 7.56. The molecule has 0 heterocycles. The number of carbonyl (C=O) groups excluding carboxylic acids is 1. The van der Waals surface area contributed by atoms with Gasteiger partial charge in [0.1, 0.15) is 0 Å². The van der Waals surface area contributed by atoms with E-state index in [1.807, 2.05) is 6.92 Å². The maximum Gasteiger partial charge on any atom is 0.220 e. The van der Waals surface area contributed by atoms with Crippen molar-refractivity contribution in [2.45, 2.75) is 32.7 Å². The molecule has 0 rings (SSSR count). The largest absolute Gasteiger partial charge is 0.354 e. The molecule has 0 fully saturated rings. The Kier molecular flexibility index (Phi) is 6.08. The van der Waals surface area contributed by atoms with Crippen LogP contribution >= 0.6 is 0 Å². The van der Waals surface area contributed by atoms with Gasteiger partial charge in [-0.25, -0.2) is 13.1 Å². The van der Waals surface area contributed by atoms with Crippen molar-refractivity contribution in [3.63, 3.8) is 0 Å². The molecule has 0 aromatic heterocycles. The smallest absolute Gasteiger partial charge is 0.220 e. The number of hydrogen-bond acceptors (Lipinski definition) is 4. The second-order valence-corrected chi connectivity index (χ2v) is 6.83. The van der Waals surface area contributed by atoms with E-state index in [0.717, 1.165) is 6.26 Å². The molecule has 0 aromatic rings. The zero-order valence-electron chi connectivity index (χ0n) is 10.9. The monoisotopic (exact) mass is 265 g/mol. The highest BCUT2D eigenvalue weighted by molar-refractivity contribution is 7.88. The lowest BCUT2D eigenvalue weighted by atomic mass is 10.1. The van der Waals surface area contributed by atoms with E-state index >= 15 is 0 Å². The highest BCUT2D eigenvalue weighted by atomic mass is 32.2. The molecule has 0 aromatic carbocycles. The summed E-state index contributed by atoms with van der Waals surface area (Å²) in [4.78, 5) is 11.5. The first-order valence-corrected chi connectivity index (χ1v) is 7.40. The average molecular weight is 265 g/mol. The standard InChI is InChI=1S/C10H23N3O3S/c1-8(6-11)5-9(14)12-7-10(2,3)13-17(4,15)16/h8,13H,5-7,11H2,1-4H3,(H,12,14). The molecule has 0 radical (unpaired) electrons. The molecule has 7 heteroatoms. The molecular weight excluding hydrogens is 242 g/mol. The number of hydrogen-bond donors (Lipinski definition) is 3. The predicted octanol–water partition coefficient (Wildman–Crippen LogP) is -0.585. The molecular formula is C10H23N3O3S. The summed E-state index contributed by atoms with van der Waals surface area (Å²) in [7, 11) is -3.28. The predicted molar refractivity (Wildman–Crippen MR) is 67.9 cm³/mol. The third-order valence-electron chi connectivity index (χ3n) is 2.13. The maximum atomic E-state index is 11.5. The minimum absolute atomic E-state index is 0.119. The van der Waals surface area contributed by atoms with Crippen molar-refractivity contribution in [1.82, 2.24) is 10.0 Å². The van der Waals surface area contributed by atoms with Crippen LogP contribution in [0.2, 0.25) is 0 Å². The molecule has 6 nitrogen and oxygen atoms in total. The summed E-state index contributed by atoms with van der Waals surface area (Å²) in [5.41, 5.74) is 4.71. The quantitative estimate of drug-likeness (QED) is 0.573. The van der Waals surface area contributed by atoms with E-state index in [9.17, 15) is 13.2 Å². The van der Waals surface area contributed by atoms with Gasteiger partial charge in [0, 0.05) is 18.5 Å².